The lowest BCUT2D eigenvalue weighted by molar-refractivity contribution is -0.127. The maximum Gasteiger partial charge on any atom is 0.258 e. The highest BCUT2D eigenvalue weighted by atomic mass is 35.5. The Hall–Kier alpha value is -0.640. The Morgan fingerprint density at radius 2 is 1.62 bits per heavy atom. The van der Waals surface area contributed by atoms with E-state index in [4.69, 9.17) is 39.5 Å². The van der Waals surface area contributed by atoms with E-state index in [0.29, 0.717) is 20.8 Å². The number of nitrogens with one attached hydrogen (secondary N) is 1. The van der Waals surface area contributed by atoms with Gasteiger partial charge in [-0.05, 0) is 74.7 Å². The average Bonchev–Trinajstić information content (AvgIpc) is 2.55. The molecule has 4 aliphatic rings. The smallest absolute Gasteiger partial charge is 0.258 e. The topological polar surface area (TPSA) is 38.3 Å². The molecular formula is C20H24Cl3NO2. The number of halogens is 3. The zero-order chi connectivity index (χ0) is 18.5. The van der Waals surface area contributed by atoms with Crippen LogP contribution in [0.1, 0.15) is 45.4 Å². The van der Waals surface area contributed by atoms with E-state index in [0.717, 1.165) is 17.8 Å². The minimum atomic E-state index is -0.115. The van der Waals surface area contributed by atoms with Crippen LogP contribution in [0.4, 0.5) is 0 Å². The molecule has 1 N–H and O–H groups in total. The van der Waals surface area contributed by atoms with Crippen molar-refractivity contribution in [1.29, 1.82) is 0 Å². The van der Waals surface area contributed by atoms with E-state index in [2.05, 4.69) is 12.2 Å². The lowest BCUT2D eigenvalue weighted by atomic mass is 9.48. The number of benzene rings is 1. The summed E-state index contributed by atoms with van der Waals surface area (Å²) in [6.45, 7) is 2.09. The van der Waals surface area contributed by atoms with Crippen molar-refractivity contribution in [2.45, 2.75) is 51.5 Å². The maximum atomic E-state index is 12.4. The molecule has 0 spiro atoms. The molecule has 4 bridgehead atoms. The van der Waals surface area contributed by atoms with Crippen LogP contribution >= 0.6 is 34.8 Å². The number of hydrogen-bond donors (Lipinski definition) is 1. The Bertz CT molecular complexity index is 686. The largest absolute Gasteiger partial charge is 0.482 e. The van der Waals surface area contributed by atoms with Crippen molar-refractivity contribution >= 4 is 40.7 Å². The fourth-order valence-corrected chi connectivity index (χ4v) is 6.49. The number of ether oxygens (including phenoxy) is 1. The van der Waals surface area contributed by atoms with E-state index < -0.39 is 0 Å². The van der Waals surface area contributed by atoms with Gasteiger partial charge >= 0.3 is 0 Å². The van der Waals surface area contributed by atoms with Gasteiger partial charge in [0.2, 0.25) is 0 Å². The summed E-state index contributed by atoms with van der Waals surface area (Å²) in [5.41, 5.74) is 0.283. The molecule has 0 aromatic heterocycles. The standard InChI is InChI=1S/C20H24Cl3NO2/c1-11(20-7-12-2-13(8-20)4-14(3-12)9-20)24-19(25)10-26-18-6-16(22)15(21)5-17(18)23/h5-6,11-14H,2-4,7-10H2,1H3,(H,24,25). The van der Waals surface area contributed by atoms with Crippen LogP contribution in [-0.4, -0.2) is 18.6 Å². The van der Waals surface area contributed by atoms with Gasteiger partial charge in [-0.25, -0.2) is 0 Å². The van der Waals surface area contributed by atoms with Crippen molar-refractivity contribution in [3.63, 3.8) is 0 Å². The van der Waals surface area contributed by atoms with Gasteiger partial charge in [-0.1, -0.05) is 34.8 Å². The molecule has 1 amide bonds. The van der Waals surface area contributed by atoms with Crippen LogP contribution in [0.2, 0.25) is 15.1 Å². The third kappa shape index (κ3) is 3.55. The van der Waals surface area contributed by atoms with E-state index in [-0.39, 0.29) is 24.0 Å². The first kappa shape index (κ1) is 18.7. The quantitative estimate of drug-likeness (QED) is 0.621. The van der Waals surface area contributed by atoms with Gasteiger partial charge in [0, 0.05) is 12.1 Å². The van der Waals surface area contributed by atoms with E-state index in [1.54, 1.807) is 6.07 Å². The summed E-state index contributed by atoms with van der Waals surface area (Å²) in [7, 11) is 0. The predicted molar refractivity (Wildman–Crippen MR) is 105 cm³/mol. The molecule has 4 aliphatic carbocycles. The van der Waals surface area contributed by atoms with Gasteiger partial charge in [0.1, 0.15) is 5.75 Å². The normalized spacial score (nSPS) is 33.2. The molecule has 142 valence electrons. The van der Waals surface area contributed by atoms with E-state index >= 15 is 0 Å². The third-order valence-corrected chi connectivity index (χ3v) is 7.73. The Labute approximate surface area is 169 Å². The molecule has 0 heterocycles. The van der Waals surface area contributed by atoms with Gasteiger partial charge in [0.15, 0.2) is 6.61 Å². The maximum absolute atomic E-state index is 12.4. The first-order valence-corrected chi connectivity index (χ1v) is 10.5. The van der Waals surface area contributed by atoms with Crippen molar-refractivity contribution in [2.24, 2.45) is 23.2 Å². The third-order valence-electron chi connectivity index (χ3n) is 6.72. The van der Waals surface area contributed by atoms with Crippen LogP contribution in [0.15, 0.2) is 12.1 Å². The van der Waals surface area contributed by atoms with Gasteiger partial charge in [-0.2, -0.15) is 0 Å². The summed E-state index contributed by atoms with van der Waals surface area (Å²) in [4.78, 5) is 12.4. The van der Waals surface area contributed by atoms with Crippen molar-refractivity contribution in [1.82, 2.24) is 5.32 Å². The SMILES string of the molecule is CC(NC(=O)COc1cc(Cl)c(Cl)cc1Cl)C12CC3CC(CC(C3)C1)C2. The Balaban J connectivity index is 1.36. The van der Waals surface area contributed by atoms with E-state index in [1.807, 2.05) is 0 Å². The molecule has 1 aromatic carbocycles. The van der Waals surface area contributed by atoms with Crippen LogP contribution < -0.4 is 10.1 Å². The molecule has 1 aromatic rings. The highest BCUT2D eigenvalue weighted by Gasteiger charge is 2.53. The first-order valence-electron chi connectivity index (χ1n) is 9.41. The van der Waals surface area contributed by atoms with Crippen molar-refractivity contribution in [3.8, 4) is 5.75 Å². The number of carbonyl (C=O) groups is 1. The minimum Gasteiger partial charge on any atom is -0.482 e. The van der Waals surface area contributed by atoms with Gasteiger partial charge in [-0.3, -0.25) is 4.79 Å². The molecular weight excluding hydrogens is 393 g/mol. The van der Waals surface area contributed by atoms with Gasteiger partial charge in [0.25, 0.3) is 5.91 Å². The fourth-order valence-electron chi connectivity index (χ4n) is 5.90. The van der Waals surface area contributed by atoms with Crippen LogP contribution in [-0.2, 0) is 4.79 Å². The van der Waals surface area contributed by atoms with E-state index in [9.17, 15) is 4.79 Å². The van der Waals surface area contributed by atoms with Gasteiger partial charge in [0.05, 0.1) is 15.1 Å². The number of rotatable bonds is 5. The molecule has 3 nitrogen and oxygen atoms in total. The van der Waals surface area contributed by atoms with Crippen LogP contribution in [0.3, 0.4) is 0 Å². The second-order valence-corrected chi connectivity index (χ2v) is 9.78. The number of hydrogen-bond acceptors (Lipinski definition) is 2. The summed E-state index contributed by atoms with van der Waals surface area (Å²) in [5, 5.41) is 4.25. The molecule has 0 radical (unpaired) electrons. The summed E-state index contributed by atoms with van der Waals surface area (Å²) >= 11 is 18.0. The molecule has 26 heavy (non-hydrogen) atoms. The molecule has 4 saturated carbocycles. The second kappa shape index (κ2) is 7.07. The highest BCUT2D eigenvalue weighted by molar-refractivity contribution is 6.43. The first-order chi connectivity index (χ1) is 12.3. The minimum absolute atomic E-state index is 0.0750. The Kier molecular flexibility index (Phi) is 5.09. The second-order valence-electron chi connectivity index (χ2n) is 8.55. The van der Waals surface area contributed by atoms with Gasteiger partial charge < -0.3 is 10.1 Å². The van der Waals surface area contributed by atoms with Crippen LogP contribution in [0.25, 0.3) is 0 Å². The molecule has 0 saturated heterocycles. The monoisotopic (exact) mass is 415 g/mol. The number of carbonyl (C=O) groups excluding carboxylic acids is 1. The fraction of sp³-hybridized carbons (Fsp3) is 0.650. The van der Waals surface area contributed by atoms with E-state index in [1.165, 1.54) is 44.6 Å². The molecule has 0 aliphatic heterocycles. The summed E-state index contributed by atoms with van der Waals surface area (Å²) in [6.07, 6.45) is 8.00. The highest BCUT2D eigenvalue weighted by Crippen LogP contribution is 2.61. The zero-order valence-corrected chi connectivity index (χ0v) is 17.1. The van der Waals surface area contributed by atoms with Crippen molar-refractivity contribution < 1.29 is 9.53 Å². The summed E-state index contributed by atoms with van der Waals surface area (Å²) in [6, 6.07) is 3.25. The molecule has 1 unspecified atom stereocenters. The molecule has 1 atom stereocenters. The predicted octanol–water partition coefficient (Wildman–Crippen LogP) is 5.75. The van der Waals surface area contributed by atoms with Crippen molar-refractivity contribution in [2.75, 3.05) is 6.61 Å². The zero-order valence-electron chi connectivity index (χ0n) is 14.9. The Morgan fingerprint density at radius 1 is 1.08 bits per heavy atom. The molecule has 6 heteroatoms. The summed E-state index contributed by atoms with van der Waals surface area (Å²) < 4.78 is 5.57. The van der Waals surface area contributed by atoms with Crippen molar-refractivity contribution in [3.05, 3.63) is 27.2 Å². The van der Waals surface area contributed by atoms with Gasteiger partial charge in [-0.15, -0.1) is 0 Å². The molecule has 5 rings (SSSR count). The number of amides is 1. The lowest BCUT2D eigenvalue weighted by Gasteiger charge is -2.59. The average molecular weight is 417 g/mol. The van der Waals surface area contributed by atoms with Crippen LogP contribution in [0.5, 0.6) is 5.75 Å². The lowest BCUT2D eigenvalue weighted by Crippen LogP contribution is -2.56. The molecule has 4 fully saturated rings. The van der Waals surface area contributed by atoms with Crippen LogP contribution in [0, 0.1) is 23.2 Å². The summed E-state index contributed by atoms with van der Waals surface area (Å²) in [5.74, 6) is 2.86. The Morgan fingerprint density at radius 3 is 2.19 bits per heavy atom.